The van der Waals surface area contributed by atoms with Crippen LogP contribution in [0.25, 0.3) is 44.5 Å². The molecule has 1 aliphatic heterocycles. The molecule has 7 nitrogen and oxygen atoms in total. The van der Waals surface area contributed by atoms with Crippen molar-refractivity contribution in [3.05, 3.63) is 164 Å². The monoisotopic (exact) mass is 802 g/mol. The van der Waals surface area contributed by atoms with E-state index < -0.39 is 0 Å². The normalized spacial score (nSPS) is 12.7. The fraction of sp³-hybridized carbons (Fsp3) is 0.0250. The van der Waals surface area contributed by atoms with E-state index in [0.29, 0.717) is 17.4 Å². The first-order chi connectivity index (χ1) is 23.2. The molecule has 0 atom stereocenters. The summed E-state index contributed by atoms with van der Waals surface area (Å²) < 4.78 is 10.3. The van der Waals surface area contributed by atoms with Crippen molar-refractivity contribution in [1.82, 2.24) is 19.2 Å². The quantitative estimate of drug-likeness (QED) is 0.157. The Kier molecular flexibility index (Phi) is 7.54. The molecule has 0 aliphatic carbocycles. The summed E-state index contributed by atoms with van der Waals surface area (Å²) in [4.78, 5) is 8.99. The molecule has 0 radical (unpaired) electrons. The zero-order valence-corrected chi connectivity index (χ0v) is 28.0. The third-order valence-corrected chi connectivity index (χ3v) is 8.43. The van der Waals surface area contributed by atoms with Crippen LogP contribution in [0, 0.1) is 25.7 Å². The van der Waals surface area contributed by atoms with Gasteiger partial charge in [-0.15, -0.1) is 53.2 Å². The van der Waals surface area contributed by atoms with Crippen LogP contribution >= 0.6 is 0 Å². The molecule has 0 N–H and O–H groups in total. The van der Waals surface area contributed by atoms with Gasteiger partial charge in [0.15, 0.2) is 5.65 Å². The minimum Gasteiger partial charge on any atom is -0.509 e. The maximum atomic E-state index is 6.38. The van der Waals surface area contributed by atoms with Crippen LogP contribution in [-0.4, -0.2) is 19.2 Å². The molecule has 3 aromatic heterocycles. The van der Waals surface area contributed by atoms with Gasteiger partial charge in [-0.05, 0) is 66.2 Å². The summed E-state index contributed by atoms with van der Waals surface area (Å²) in [5.74, 6) is 1.76. The van der Waals surface area contributed by atoms with Gasteiger partial charge in [0.05, 0.1) is 0 Å². The van der Waals surface area contributed by atoms with Crippen molar-refractivity contribution >= 4 is 38.8 Å². The fourth-order valence-corrected chi connectivity index (χ4v) is 6.15. The van der Waals surface area contributed by atoms with Crippen molar-refractivity contribution in [3.8, 4) is 28.6 Å². The molecule has 0 bridgehead atoms. The summed E-state index contributed by atoms with van der Waals surface area (Å²) in [5, 5.41) is 7.01. The van der Waals surface area contributed by atoms with Crippen LogP contribution in [0.5, 0.6) is 11.5 Å². The van der Waals surface area contributed by atoms with Gasteiger partial charge in [0.1, 0.15) is 0 Å². The smallest absolute Gasteiger partial charge is 0.252 e. The van der Waals surface area contributed by atoms with E-state index in [0.717, 1.165) is 44.5 Å². The minimum atomic E-state index is 0. The molecule has 1 aliphatic rings. The molecule has 8 heteroatoms. The van der Waals surface area contributed by atoms with Gasteiger partial charge in [0.2, 0.25) is 0 Å². The van der Waals surface area contributed by atoms with Gasteiger partial charge in [0, 0.05) is 49.5 Å². The second kappa shape index (κ2) is 12.2. The Morgan fingerprint density at radius 2 is 1.44 bits per heavy atom. The Labute approximate surface area is 292 Å². The molecule has 0 saturated carbocycles. The Morgan fingerprint density at radius 1 is 0.667 bits per heavy atom. The Balaban J connectivity index is 0.00000336. The maximum absolute atomic E-state index is 6.38. The molecule has 0 saturated heterocycles. The molecular formula is C40H27N6OPt-3. The number of benzene rings is 5. The Bertz CT molecular complexity index is 2470. The van der Waals surface area contributed by atoms with E-state index in [1.54, 1.807) is 0 Å². The van der Waals surface area contributed by atoms with E-state index in [2.05, 4.69) is 88.3 Å². The summed E-state index contributed by atoms with van der Waals surface area (Å²) in [7, 11) is 0. The second-order valence-corrected chi connectivity index (χ2v) is 11.4. The maximum Gasteiger partial charge on any atom is 0.252 e. The largest absolute Gasteiger partial charge is 0.509 e. The van der Waals surface area contributed by atoms with E-state index >= 15 is 0 Å². The van der Waals surface area contributed by atoms with E-state index in [4.69, 9.17) is 14.8 Å². The first kappa shape index (κ1) is 29.7. The van der Waals surface area contributed by atoms with Crippen LogP contribution in [0.2, 0.25) is 0 Å². The summed E-state index contributed by atoms with van der Waals surface area (Å²) >= 11 is 0. The number of anilines is 2. The van der Waals surface area contributed by atoms with Crippen molar-refractivity contribution in [2.45, 2.75) is 6.92 Å². The number of ether oxygens (including phenoxy) is 1. The van der Waals surface area contributed by atoms with Crippen LogP contribution < -0.4 is 14.5 Å². The van der Waals surface area contributed by atoms with Gasteiger partial charge in [-0.3, -0.25) is 0 Å². The van der Waals surface area contributed by atoms with Crippen LogP contribution in [0.15, 0.2) is 140 Å². The van der Waals surface area contributed by atoms with E-state index in [1.807, 2.05) is 96.1 Å². The van der Waals surface area contributed by atoms with Gasteiger partial charge < -0.3 is 19.1 Å². The molecule has 0 amide bonds. The zero-order valence-electron chi connectivity index (χ0n) is 25.8. The van der Waals surface area contributed by atoms with Crippen LogP contribution in [0.1, 0.15) is 5.69 Å². The van der Waals surface area contributed by atoms with Crippen molar-refractivity contribution in [2.75, 3.05) is 9.80 Å². The van der Waals surface area contributed by atoms with Crippen molar-refractivity contribution in [1.29, 1.82) is 0 Å². The number of pyridine rings is 1. The number of aromatic nitrogens is 4. The number of nitrogens with zero attached hydrogens (tertiary/aromatic N) is 6. The van der Waals surface area contributed by atoms with Gasteiger partial charge in [0.25, 0.3) is 5.95 Å². The third kappa shape index (κ3) is 5.22. The summed E-state index contributed by atoms with van der Waals surface area (Å²) in [6.07, 6.45) is 4.06. The molecule has 9 rings (SSSR count). The van der Waals surface area contributed by atoms with E-state index in [1.165, 1.54) is 11.1 Å². The Hall–Kier alpha value is -5.65. The molecule has 0 unspecified atom stereocenters. The number of rotatable bonds is 6. The standard InChI is InChI=1S/C40H27N6O.Pt/c1-28-10-7-19-39-41-40(42-46(28)39)45-37-18-6-5-17-35(37)36-21-20-34(26-38(36)45)47-33-16-9-15-32(25-33)44-23-22-43(27-44)31-14-8-13-30(24-31)29-11-3-2-4-12-29;/h2-24,27H,1H3;/q-3;. The average molecular weight is 803 g/mol. The van der Waals surface area contributed by atoms with Crippen molar-refractivity contribution in [3.63, 3.8) is 0 Å². The molecule has 48 heavy (non-hydrogen) atoms. The number of aryl methyl sites for hydroxylation is 1. The van der Waals surface area contributed by atoms with Crippen LogP contribution in [0.4, 0.5) is 11.4 Å². The molecule has 5 aromatic carbocycles. The van der Waals surface area contributed by atoms with Gasteiger partial charge in [-0.25, -0.2) is 4.52 Å². The molecule has 4 heterocycles. The predicted molar refractivity (Wildman–Crippen MR) is 187 cm³/mol. The van der Waals surface area contributed by atoms with Gasteiger partial charge >= 0.3 is 0 Å². The van der Waals surface area contributed by atoms with Crippen LogP contribution in [0.3, 0.4) is 0 Å². The van der Waals surface area contributed by atoms with Crippen LogP contribution in [-0.2, 0) is 21.1 Å². The summed E-state index contributed by atoms with van der Waals surface area (Å²) in [6.45, 7) is 4.07. The number of hydrogen-bond donors (Lipinski definition) is 0. The minimum absolute atomic E-state index is 0. The first-order valence-electron chi connectivity index (χ1n) is 15.4. The number of fused-ring (bicyclic) bond motifs is 4. The Morgan fingerprint density at radius 3 is 2.33 bits per heavy atom. The van der Waals surface area contributed by atoms with Crippen molar-refractivity contribution in [2.24, 2.45) is 0 Å². The molecule has 0 spiro atoms. The van der Waals surface area contributed by atoms with E-state index in [-0.39, 0.29) is 21.1 Å². The summed E-state index contributed by atoms with van der Waals surface area (Å²) in [6, 6.07) is 50.0. The fourth-order valence-electron chi connectivity index (χ4n) is 6.15. The topological polar surface area (TPSA) is 50.8 Å². The molecular weight excluding hydrogens is 776 g/mol. The number of para-hydroxylation sites is 1. The second-order valence-electron chi connectivity index (χ2n) is 11.4. The molecule has 0 fully saturated rings. The molecule has 8 aromatic rings. The average Bonchev–Trinajstić information content (AvgIpc) is 3.86. The van der Waals surface area contributed by atoms with Gasteiger partial charge in [-0.1, -0.05) is 72.2 Å². The third-order valence-electron chi connectivity index (χ3n) is 8.43. The predicted octanol–water partition coefficient (Wildman–Crippen LogP) is 9.11. The zero-order chi connectivity index (χ0) is 31.3. The molecule has 236 valence electrons. The van der Waals surface area contributed by atoms with Gasteiger partial charge in [-0.2, -0.15) is 17.1 Å². The first-order valence-corrected chi connectivity index (χ1v) is 15.4. The summed E-state index contributed by atoms with van der Waals surface area (Å²) in [5.41, 5.74) is 7.95. The van der Waals surface area contributed by atoms with Crippen molar-refractivity contribution < 1.29 is 25.8 Å². The van der Waals surface area contributed by atoms with E-state index in [9.17, 15) is 0 Å². The SMILES string of the molecule is Cc1cccc2nc(-n3c4[c-]c(Oc5[c-]c(N6C=CN(c7cccc(-c8ccccc8)c7)[CH-]6)ccc5)ccc4c4ccccc43)nn12.[Pt]. The number of hydrogen-bond acceptors (Lipinski definition) is 5.